The Labute approximate surface area is 153 Å². The first-order chi connectivity index (χ1) is 11.9. The van der Waals surface area contributed by atoms with Crippen LogP contribution in [0.1, 0.15) is 41.5 Å². The number of carbonyl (C=O) groups is 2. The second-order valence-corrected chi connectivity index (χ2v) is 8.03. The van der Waals surface area contributed by atoms with E-state index in [1.54, 1.807) is 12.1 Å². The highest BCUT2D eigenvalue weighted by Gasteiger charge is 2.17. The largest absolute Gasteiger partial charge is 0.444 e. The third kappa shape index (κ3) is 6.27. The van der Waals surface area contributed by atoms with Crippen molar-refractivity contribution >= 4 is 34.3 Å². The van der Waals surface area contributed by atoms with Crippen molar-refractivity contribution in [1.29, 1.82) is 0 Å². The zero-order chi connectivity index (χ0) is 19.5. The molecule has 0 spiro atoms. The van der Waals surface area contributed by atoms with Crippen LogP contribution < -0.4 is 10.6 Å². The van der Waals surface area contributed by atoms with E-state index in [-0.39, 0.29) is 0 Å². The van der Waals surface area contributed by atoms with Crippen LogP contribution in [-0.2, 0) is 9.47 Å². The minimum absolute atomic E-state index is 0.500. The highest BCUT2D eigenvalue weighted by molar-refractivity contribution is 5.94. The summed E-state index contributed by atoms with van der Waals surface area (Å²) in [6.45, 7) is 10.9. The third-order valence-electron chi connectivity index (χ3n) is 3.13. The number of hydrogen-bond acceptors (Lipinski definition) is 4. The second kappa shape index (κ2) is 7.23. The number of carbonyl (C=O) groups excluding carboxylic acids is 2. The van der Waals surface area contributed by atoms with E-state index < -0.39 is 23.4 Å². The number of amides is 2. The molecule has 0 aliphatic heterocycles. The summed E-state index contributed by atoms with van der Waals surface area (Å²) < 4.78 is 10.5. The van der Waals surface area contributed by atoms with Gasteiger partial charge in [0.2, 0.25) is 0 Å². The maximum atomic E-state index is 11.9. The van der Waals surface area contributed by atoms with Crippen LogP contribution in [0.25, 0.3) is 10.8 Å². The predicted molar refractivity (Wildman–Crippen MR) is 104 cm³/mol. The Bertz CT molecular complexity index is 747. The summed E-state index contributed by atoms with van der Waals surface area (Å²) in [5.41, 5.74) is 0.172. The van der Waals surface area contributed by atoms with E-state index in [1.165, 1.54) is 0 Å². The van der Waals surface area contributed by atoms with Gasteiger partial charge in [0, 0.05) is 11.4 Å². The standard InChI is InChI=1S/C20H26N2O4/c1-19(2,3)25-17(23)21-15-9-7-14-12-16(10-8-13(14)11-15)22-18(24)26-20(4,5)6/h7-12H,1-6H3,(H,21,23)(H,22,24). The van der Waals surface area contributed by atoms with Gasteiger partial charge in [-0.15, -0.1) is 0 Å². The van der Waals surface area contributed by atoms with Crippen molar-refractivity contribution in [2.75, 3.05) is 10.6 Å². The van der Waals surface area contributed by atoms with Gasteiger partial charge in [-0.3, -0.25) is 10.6 Å². The smallest absolute Gasteiger partial charge is 0.412 e. The van der Waals surface area contributed by atoms with Crippen LogP contribution in [-0.4, -0.2) is 23.4 Å². The zero-order valence-electron chi connectivity index (χ0n) is 16.1. The van der Waals surface area contributed by atoms with Crippen molar-refractivity contribution < 1.29 is 19.1 Å². The Kier molecular flexibility index (Phi) is 5.44. The summed E-state index contributed by atoms with van der Waals surface area (Å²) in [5.74, 6) is 0. The van der Waals surface area contributed by atoms with Crippen LogP contribution in [0.2, 0.25) is 0 Å². The van der Waals surface area contributed by atoms with E-state index in [0.29, 0.717) is 11.4 Å². The topological polar surface area (TPSA) is 76.7 Å². The fraction of sp³-hybridized carbons (Fsp3) is 0.400. The molecule has 140 valence electrons. The molecule has 0 saturated heterocycles. The molecule has 0 radical (unpaired) electrons. The Balaban J connectivity index is 2.10. The molecule has 2 amide bonds. The molecule has 0 fully saturated rings. The molecule has 6 heteroatoms. The lowest BCUT2D eigenvalue weighted by Crippen LogP contribution is -2.27. The van der Waals surface area contributed by atoms with Gasteiger partial charge in [0.15, 0.2) is 0 Å². The summed E-state index contributed by atoms with van der Waals surface area (Å²) >= 11 is 0. The van der Waals surface area contributed by atoms with Crippen molar-refractivity contribution in [3.63, 3.8) is 0 Å². The van der Waals surface area contributed by atoms with E-state index >= 15 is 0 Å². The first-order valence-electron chi connectivity index (χ1n) is 8.45. The maximum Gasteiger partial charge on any atom is 0.412 e. The quantitative estimate of drug-likeness (QED) is 0.739. The molecule has 0 heterocycles. The number of benzene rings is 2. The van der Waals surface area contributed by atoms with E-state index in [2.05, 4.69) is 10.6 Å². The number of rotatable bonds is 2. The number of ether oxygens (including phenoxy) is 2. The van der Waals surface area contributed by atoms with E-state index in [9.17, 15) is 9.59 Å². The van der Waals surface area contributed by atoms with Crippen LogP contribution in [0.5, 0.6) is 0 Å². The van der Waals surface area contributed by atoms with Crippen molar-refractivity contribution in [3.8, 4) is 0 Å². The van der Waals surface area contributed by atoms with Crippen LogP contribution in [0, 0.1) is 0 Å². The predicted octanol–water partition coefficient (Wildman–Crippen LogP) is 5.53. The summed E-state index contributed by atoms with van der Waals surface area (Å²) in [6, 6.07) is 11.0. The van der Waals surface area contributed by atoms with Crippen LogP contribution in [0.3, 0.4) is 0 Å². The minimum Gasteiger partial charge on any atom is -0.444 e. The van der Waals surface area contributed by atoms with Gasteiger partial charge in [0.05, 0.1) is 0 Å². The average Bonchev–Trinajstić information content (AvgIpc) is 2.43. The summed E-state index contributed by atoms with van der Waals surface area (Å²) in [7, 11) is 0. The van der Waals surface area contributed by atoms with Crippen LogP contribution in [0.4, 0.5) is 21.0 Å². The van der Waals surface area contributed by atoms with Gasteiger partial charge in [0.25, 0.3) is 0 Å². The number of fused-ring (bicyclic) bond motifs is 1. The maximum absolute atomic E-state index is 11.9. The van der Waals surface area contributed by atoms with Gasteiger partial charge in [0.1, 0.15) is 11.2 Å². The van der Waals surface area contributed by atoms with E-state index in [0.717, 1.165) is 10.8 Å². The molecule has 0 atom stereocenters. The van der Waals surface area contributed by atoms with Crippen molar-refractivity contribution in [1.82, 2.24) is 0 Å². The van der Waals surface area contributed by atoms with Gasteiger partial charge < -0.3 is 9.47 Å². The molecule has 2 N–H and O–H groups in total. The zero-order valence-corrected chi connectivity index (χ0v) is 16.1. The van der Waals surface area contributed by atoms with Crippen molar-refractivity contribution in [3.05, 3.63) is 36.4 Å². The Hall–Kier alpha value is -2.76. The molecule has 0 bridgehead atoms. The molecule has 2 rings (SSSR count). The highest BCUT2D eigenvalue weighted by atomic mass is 16.6. The Morgan fingerprint density at radius 2 is 1.04 bits per heavy atom. The number of nitrogens with one attached hydrogen (secondary N) is 2. The summed E-state index contributed by atoms with van der Waals surface area (Å²) in [4.78, 5) is 23.7. The van der Waals surface area contributed by atoms with Crippen LogP contribution >= 0.6 is 0 Å². The SMILES string of the molecule is CC(C)(C)OC(=O)Nc1ccc2cc(NC(=O)OC(C)(C)C)ccc2c1. The molecule has 0 unspecified atom stereocenters. The Morgan fingerprint density at radius 1 is 0.692 bits per heavy atom. The molecule has 6 nitrogen and oxygen atoms in total. The minimum atomic E-state index is -0.552. The molecule has 0 aromatic heterocycles. The third-order valence-corrected chi connectivity index (χ3v) is 3.13. The normalized spacial score (nSPS) is 11.8. The Morgan fingerprint density at radius 3 is 1.35 bits per heavy atom. The van der Waals surface area contributed by atoms with Gasteiger partial charge in [-0.05, 0) is 76.6 Å². The van der Waals surface area contributed by atoms with Gasteiger partial charge >= 0.3 is 12.2 Å². The number of anilines is 2. The lowest BCUT2D eigenvalue weighted by atomic mass is 10.1. The summed E-state index contributed by atoms with van der Waals surface area (Å²) in [5, 5.41) is 7.27. The van der Waals surface area contributed by atoms with Crippen molar-refractivity contribution in [2.24, 2.45) is 0 Å². The van der Waals surface area contributed by atoms with E-state index in [4.69, 9.17) is 9.47 Å². The molecule has 2 aromatic rings. The highest BCUT2D eigenvalue weighted by Crippen LogP contribution is 2.24. The molecule has 0 aliphatic carbocycles. The lowest BCUT2D eigenvalue weighted by molar-refractivity contribution is 0.0624. The van der Waals surface area contributed by atoms with Crippen LogP contribution in [0.15, 0.2) is 36.4 Å². The molecular formula is C20H26N2O4. The average molecular weight is 358 g/mol. The fourth-order valence-electron chi connectivity index (χ4n) is 2.24. The summed E-state index contributed by atoms with van der Waals surface area (Å²) in [6.07, 6.45) is -1.000. The first-order valence-corrected chi connectivity index (χ1v) is 8.45. The molecule has 2 aromatic carbocycles. The van der Waals surface area contributed by atoms with Gasteiger partial charge in [-0.1, -0.05) is 12.1 Å². The van der Waals surface area contributed by atoms with Gasteiger partial charge in [-0.2, -0.15) is 0 Å². The fourth-order valence-corrected chi connectivity index (χ4v) is 2.24. The molecule has 0 aliphatic rings. The van der Waals surface area contributed by atoms with E-state index in [1.807, 2.05) is 65.8 Å². The van der Waals surface area contributed by atoms with Gasteiger partial charge in [-0.25, -0.2) is 9.59 Å². The monoisotopic (exact) mass is 358 g/mol. The molecule has 0 saturated carbocycles. The molecular weight excluding hydrogens is 332 g/mol. The lowest BCUT2D eigenvalue weighted by Gasteiger charge is -2.20. The molecule has 26 heavy (non-hydrogen) atoms. The second-order valence-electron chi connectivity index (χ2n) is 8.03. The first kappa shape index (κ1) is 19.6. The number of hydrogen-bond donors (Lipinski definition) is 2. The van der Waals surface area contributed by atoms with Crippen molar-refractivity contribution in [2.45, 2.75) is 52.7 Å².